The van der Waals surface area contributed by atoms with Crippen LogP contribution in [0.25, 0.3) is 0 Å². The zero-order chi connectivity index (χ0) is 16.7. The standard InChI is InChI=1S/C15H24N4O3S/c1-11(2)19-13(6-9-16-19)18-14(20)17-12-10-23(21,22)15(12)7-4-3-5-8-15/h6,9,11-12H,3-5,7-8,10H2,1-2H3,(H2,17,18,20). The largest absolute Gasteiger partial charge is 0.332 e. The fourth-order valence-corrected chi connectivity index (χ4v) is 6.14. The Morgan fingerprint density at radius 1 is 1.35 bits per heavy atom. The Balaban J connectivity index is 1.67. The highest BCUT2D eigenvalue weighted by Crippen LogP contribution is 2.45. The Morgan fingerprint density at radius 2 is 2.04 bits per heavy atom. The number of nitrogens with zero attached hydrogens (tertiary/aromatic N) is 2. The molecule has 8 heteroatoms. The van der Waals surface area contributed by atoms with E-state index < -0.39 is 14.6 Å². The highest BCUT2D eigenvalue weighted by atomic mass is 32.2. The molecule has 2 aliphatic rings. The minimum absolute atomic E-state index is 0.0455. The van der Waals surface area contributed by atoms with E-state index in [2.05, 4.69) is 15.7 Å². The van der Waals surface area contributed by atoms with Crippen molar-refractivity contribution in [3.8, 4) is 0 Å². The number of amides is 2. The summed E-state index contributed by atoms with van der Waals surface area (Å²) >= 11 is 0. The Bertz CT molecular complexity index is 689. The third kappa shape index (κ3) is 2.73. The van der Waals surface area contributed by atoms with Crippen LogP contribution in [0.15, 0.2) is 12.3 Å². The van der Waals surface area contributed by atoms with Crippen LogP contribution in [0.1, 0.15) is 52.0 Å². The molecule has 0 aromatic carbocycles. The minimum Gasteiger partial charge on any atom is -0.332 e. The topological polar surface area (TPSA) is 93.1 Å². The highest BCUT2D eigenvalue weighted by Gasteiger charge is 2.60. The van der Waals surface area contributed by atoms with Gasteiger partial charge in [-0.15, -0.1) is 0 Å². The van der Waals surface area contributed by atoms with Gasteiger partial charge in [-0.05, 0) is 26.7 Å². The number of rotatable bonds is 3. The van der Waals surface area contributed by atoms with Crippen LogP contribution in [-0.2, 0) is 9.84 Å². The van der Waals surface area contributed by atoms with Crippen molar-refractivity contribution in [1.82, 2.24) is 15.1 Å². The van der Waals surface area contributed by atoms with Gasteiger partial charge in [-0.25, -0.2) is 17.9 Å². The molecule has 1 aliphatic carbocycles. The molecule has 2 amide bonds. The molecule has 1 saturated carbocycles. The maximum absolute atomic E-state index is 12.3. The molecular formula is C15H24N4O3S. The van der Waals surface area contributed by atoms with E-state index in [1.165, 1.54) is 0 Å². The summed E-state index contributed by atoms with van der Waals surface area (Å²) in [4.78, 5) is 12.3. The summed E-state index contributed by atoms with van der Waals surface area (Å²) < 4.78 is 25.5. The molecule has 0 bridgehead atoms. The summed E-state index contributed by atoms with van der Waals surface area (Å²) in [5, 5.41) is 9.81. The number of hydrogen-bond acceptors (Lipinski definition) is 4. The SMILES string of the molecule is CC(C)n1nccc1NC(=O)NC1CS(=O)(=O)C12CCCCC2. The zero-order valence-corrected chi connectivity index (χ0v) is 14.4. The number of nitrogens with one attached hydrogen (secondary N) is 2. The lowest BCUT2D eigenvalue weighted by Gasteiger charge is -2.50. The van der Waals surface area contributed by atoms with Gasteiger partial charge in [-0.1, -0.05) is 19.3 Å². The Labute approximate surface area is 136 Å². The molecule has 3 rings (SSSR count). The second-order valence-corrected chi connectivity index (χ2v) is 9.19. The maximum atomic E-state index is 12.3. The van der Waals surface area contributed by atoms with Gasteiger partial charge in [0.25, 0.3) is 0 Å². The number of carbonyl (C=O) groups excluding carboxylic acids is 1. The highest BCUT2D eigenvalue weighted by molar-refractivity contribution is 7.94. The molecule has 128 valence electrons. The summed E-state index contributed by atoms with van der Waals surface area (Å²) in [5.41, 5.74) is 0. The summed E-state index contributed by atoms with van der Waals surface area (Å²) in [6.45, 7) is 3.96. The first-order valence-electron chi connectivity index (χ1n) is 8.19. The molecule has 2 N–H and O–H groups in total. The molecule has 1 saturated heterocycles. The van der Waals surface area contributed by atoms with Crippen LogP contribution in [0.2, 0.25) is 0 Å². The van der Waals surface area contributed by atoms with Gasteiger partial charge in [-0.3, -0.25) is 5.32 Å². The lowest BCUT2D eigenvalue weighted by molar-refractivity contribution is 0.233. The minimum atomic E-state index is -3.08. The quantitative estimate of drug-likeness (QED) is 0.881. The van der Waals surface area contributed by atoms with Crippen LogP contribution >= 0.6 is 0 Å². The van der Waals surface area contributed by atoms with Crippen LogP contribution in [0.4, 0.5) is 10.6 Å². The molecule has 2 heterocycles. The predicted molar refractivity (Wildman–Crippen MR) is 88.2 cm³/mol. The van der Waals surface area contributed by atoms with E-state index in [-0.39, 0.29) is 23.9 Å². The van der Waals surface area contributed by atoms with Crippen molar-refractivity contribution in [1.29, 1.82) is 0 Å². The summed E-state index contributed by atoms with van der Waals surface area (Å²) in [6, 6.07) is 1.21. The van der Waals surface area contributed by atoms with Gasteiger partial charge >= 0.3 is 6.03 Å². The van der Waals surface area contributed by atoms with Crippen molar-refractivity contribution in [2.24, 2.45) is 0 Å². The molecule has 0 radical (unpaired) electrons. The van der Waals surface area contributed by atoms with E-state index in [4.69, 9.17) is 0 Å². The van der Waals surface area contributed by atoms with E-state index in [0.29, 0.717) is 18.7 Å². The number of carbonyl (C=O) groups is 1. The first-order valence-corrected chi connectivity index (χ1v) is 9.84. The van der Waals surface area contributed by atoms with Crippen molar-refractivity contribution in [2.75, 3.05) is 11.1 Å². The van der Waals surface area contributed by atoms with Gasteiger partial charge < -0.3 is 5.32 Å². The van der Waals surface area contributed by atoms with Gasteiger partial charge in [0.15, 0.2) is 9.84 Å². The van der Waals surface area contributed by atoms with E-state index in [1.807, 2.05) is 13.8 Å². The fraction of sp³-hybridized carbons (Fsp3) is 0.733. The molecule has 1 aromatic heterocycles. The number of urea groups is 1. The Hall–Kier alpha value is -1.57. The lowest BCUT2D eigenvalue weighted by Crippen LogP contribution is -2.70. The molecule has 1 atom stereocenters. The van der Waals surface area contributed by atoms with E-state index in [9.17, 15) is 13.2 Å². The number of sulfone groups is 1. The third-order valence-corrected chi connectivity index (χ3v) is 7.75. The van der Waals surface area contributed by atoms with E-state index in [1.54, 1.807) is 16.9 Å². The molecule has 2 fully saturated rings. The molecule has 23 heavy (non-hydrogen) atoms. The molecule has 1 unspecified atom stereocenters. The molecule has 1 aliphatic heterocycles. The van der Waals surface area contributed by atoms with Crippen molar-refractivity contribution >= 4 is 21.7 Å². The van der Waals surface area contributed by atoms with Crippen LogP contribution in [0.3, 0.4) is 0 Å². The normalized spacial score (nSPS) is 25.1. The van der Waals surface area contributed by atoms with Gasteiger partial charge in [-0.2, -0.15) is 5.10 Å². The zero-order valence-electron chi connectivity index (χ0n) is 13.6. The van der Waals surface area contributed by atoms with Crippen molar-refractivity contribution in [2.45, 2.75) is 62.8 Å². The molecular weight excluding hydrogens is 316 g/mol. The average Bonchev–Trinajstić information content (AvgIpc) is 2.95. The van der Waals surface area contributed by atoms with Crippen LogP contribution in [0.5, 0.6) is 0 Å². The first-order chi connectivity index (χ1) is 10.9. The van der Waals surface area contributed by atoms with Gasteiger partial charge in [0.1, 0.15) is 5.82 Å². The second-order valence-electron chi connectivity index (χ2n) is 6.81. The smallest absolute Gasteiger partial charge is 0.320 e. The van der Waals surface area contributed by atoms with Crippen molar-refractivity contribution in [3.63, 3.8) is 0 Å². The Kier molecular flexibility index (Phi) is 4.12. The number of hydrogen-bond donors (Lipinski definition) is 2. The van der Waals surface area contributed by atoms with Crippen LogP contribution < -0.4 is 10.6 Å². The van der Waals surface area contributed by atoms with E-state index in [0.717, 1.165) is 19.3 Å². The Morgan fingerprint density at radius 3 is 2.65 bits per heavy atom. The molecule has 1 aromatic rings. The van der Waals surface area contributed by atoms with Crippen molar-refractivity contribution in [3.05, 3.63) is 12.3 Å². The van der Waals surface area contributed by atoms with Crippen LogP contribution in [0, 0.1) is 0 Å². The predicted octanol–water partition coefficient (Wildman–Crippen LogP) is 2.09. The fourth-order valence-electron chi connectivity index (χ4n) is 3.77. The van der Waals surface area contributed by atoms with Crippen molar-refractivity contribution < 1.29 is 13.2 Å². The lowest BCUT2D eigenvalue weighted by atomic mass is 9.82. The van der Waals surface area contributed by atoms with Gasteiger partial charge in [0.2, 0.25) is 0 Å². The maximum Gasteiger partial charge on any atom is 0.320 e. The monoisotopic (exact) mass is 340 g/mol. The van der Waals surface area contributed by atoms with Gasteiger partial charge in [0.05, 0.1) is 22.7 Å². The summed E-state index contributed by atoms with van der Waals surface area (Å²) in [5.74, 6) is 0.654. The van der Waals surface area contributed by atoms with Crippen LogP contribution in [-0.4, -0.2) is 40.8 Å². The van der Waals surface area contributed by atoms with Gasteiger partial charge in [0, 0.05) is 12.1 Å². The first kappa shape index (κ1) is 16.3. The number of anilines is 1. The number of aromatic nitrogens is 2. The second kappa shape index (κ2) is 5.81. The average molecular weight is 340 g/mol. The molecule has 1 spiro atoms. The third-order valence-electron chi connectivity index (χ3n) is 5.05. The van der Waals surface area contributed by atoms with E-state index >= 15 is 0 Å². The molecule has 7 nitrogen and oxygen atoms in total. The summed E-state index contributed by atoms with van der Waals surface area (Å²) in [7, 11) is -3.08. The summed E-state index contributed by atoms with van der Waals surface area (Å²) in [6.07, 6.45) is 5.85.